The van der Waals surface area contributed by atoms with Crippen LogP contribution in [0.3, 0.4) is 0 Å². The van der Waals surface area contributed by atoms with E-state index in [0.717, 1.165) is 10.9 Å². The normalized spacial score (nSPS) is 11.5. The van der Waals surface area contributed by atoms with Gasteiger partial charge < -0.3 is 10.1 Å². The van der Waals surface area contributed by atoms with Crippen LogP contribution >= 0.6 is 0 Å². The number of fused-ring (bicyclic) bond motifs is 2. The van der Waals surface area contributed by atoms with Crippen LogP contribution in [0.1, 0.15) is 11.3 Å². The molecule has 0 radical (unpaired) electrons. The summed E-state index contributed by atoms with van der Waals surface area (Å²) in [5.74, 6) is 0.488. The van der Waals surface area contributed by atoms with E-state index in [2.05, 4.69) is 20.1 Å². The summed E-state index contributed by atoms with van der Waals surface area (Å²) in [6.07, 6.45) is 3.43. The van der Waals surface area contributed by atoms with Crippen LogP contribution in [-0.2, 0) is 7.05 Å². The topological polar surface area (TPSA) is 96.7 Å². The highest BCUT2D eigenvalue weighted by Gasteiger charge is 2.17. The average molecular weight is 321 g/mol. The van der Waals surface area contributed by atoms with Crippen molar-refractivity contribution in [3.8, 4) is 17.1 Å². The van der Waals surface area contributed by atoms with E-state index in [0.29, 0.717) is 33.5 Å². The lowest BCUT2D eigenvalue weighted by Crippen LogP contribution is -2.09. The van der Waals surface area contributed by atoms with Crippen LogP contribution < -0.4 is 5.56 Å². The predicted octanol–water partition coefficient (Wildman–Crippen LogP) is 2.19. The van der Waals surface area contributed by atoms with Gasteiger partial charge in [-0.3, -0.25) is 9.48 Å². The molecule has 2 N–H and O–H groups in total. The maximum atomic E-state index is 12.0. The first-order valence-corrected chi connectivity index (χ1v) is 7.48. The second-order valence-electron chi connectivity index (χ2n) is 5.84. The first-order chi connectivity index (χ1) is 11.5. The van der Waals surface area contributed by atoms with Crippen LogP contribution in [-0.4, -0.2) is 29.8 Å². The minimum atomic E-state index is -0.223. The summed E-state index contributed by atoms with van der Waals surface area (Å²) in [5.41, 5.74) is 2.84. The van der Waals surface area contributed by atoms with Gasteiger partial charge in [0.25, 0.3) is 5.56 Å². The molecule has 0 aliphatic carbocycles. The molecule has 0 bridgehead atoms. The zero-order valence-corrected chi connectivity index (χ0v) is 13.5. The molecule has 4 rings (SSSR count). The van der Waals surface area contributed by atoms with Gasteiger partial charge in [0.15, 0.2) is 5.82 Å². The van der Waals surface area contributed by atoms with E-state index in [1.165, 1.54) is 0 Å². The van der Waals surface area contributed by atoms with Gasteiger partial charge >= 0.3 is 0 Å². The molecule has 7 nitrogen and oxygen atoms in total. The van der Waals surface area contributed by atoms with Gasteiger partial charge in [0.05, 0.1) is 27.7 Å². The number of aromatic hydroxyl groups is 1. The maximum absolute atomic E-state index is 12.0. The minimum absolute atomic E-state index is 0.102. The van der Waals surface area contributed by atoms with E-state index >= 15 is 0 Å². The Morgan fingerprint density at radius 1 is 1.25 bits per heavy atom. The third-order valence-electron chi connectivity index (χ3n) is 4.16. The van der Waals surface area contributed by atoms with E-state index < -0.39 is 0 Å². The van der Waals surface area contributed by atoms with E-state index in [1.807, 2.05) is 26.2 Å². The summed E-state index contributed by atoms with van der Waals surface area (Å²) in [4.78, 5) is 23.5. The molecule has 24 heavy (non-hydrogen) atoms. The number of H-pyrrole nitrogens is 1. The molecule has 3 aromatic heterocycles. The van der Waals surface area contributed by atoms with Crippen molar-refractivity contribution in [2.45, 2.75) is 13.8 Å². The largest absolute Gasteiger partial charge is 0.507 e. The Kier molecular flexibility index (Phi) is 2.93. The monoisotopic (exact) mass is 321 g/mol. The molecular formula is C17H15N5O2. The molecule has 0 spiro atoms. The zero-order valence-electron chi connectivity index (χ0n) is 13.5. The molecular weight excluding hydrogens is 306 g/mol. The highest BCUT2D eigenvalue weighted by molar-refractivity contribution is 5.91. The smallest absolute Gasteiger partial charge is 0.259 e. The molecule has 0 fully saturated rings. The summed E-state index contributed by atoms with van der Waals surface area (Å²) in [7, 11) is 1.83. The lowest BCUT2D eigenvalue weighted by molar-refractivity contribution is 0.473. The Hall–Kier alpha value is -3.22. The van der Waals surface area contributed by atoms with E-state index in [4.69, 9.17) is 0 Å². The number of aromatic amines is 1. The lowest BCUT2D eigenvalue weighted by atomic mass is 10.0. The second kappa shape index (κ2) is 4.89. The van der Waals surface area contributed by atoms with Crippen LogP contribution in [0.4, 0.5) is 0 Å². The summed E-state index contributed by atoms with van der Waals surface area (Å²) < 4.78 is 1.70. The van der Waals surface area contributed by atoms with Crippen LogP contribution in [0.15, 0.2) is 29.3 Å². The number of aromatic nitrogens is 5. The third-order valence-corrected chi connectivity index (χ3v) is 4.16. The molecule has 0 unspecified atom stereocenters. The van der Waals surface area contributed by atoms with Crippen LogP contribution in [0, 0.1) is 13.8 Å². The van der Waals surface area contributed by atoms with E-state index in [1.54, 1.807) is 23.9 Å². The van der Waals surface area contributed by atoms with Crippen molar-refractivity contribution in [1.29, 1.82) is 0 Å². The van der Waals surface area contributed by atoms with Crippen molar-refractivity contribution in [1.82, 2.24) is 24.7 Å². The average Bonchev–Trinajstić information content (AvgIpc) is 2.91. The number of hydrogen-bond acceptors (Lipinski definition) is 5. The highest BCUT2D eigenvalue weighted by Crippen LogP contribution is 2.35. The molecule has 0 aliphatic rings. The van der Waals surface area contributed by atoms with Gasteiger partial charge in [-0.1, -0.05) is 0 Å². The summed E-state index contributed by atoms with van der Waals surface area (Å²) in [6.45, 7) is 3.57. The molecule has 0 atom stereocenters. The molecule has 3 heterocycles. The third kappa shape index (κ3) is 1.98. The summed E-state index contributed by atoms with van der Waals surface area (Å²) in [6, 6.07) is 3.54. The lowest BCUT2D eigenvalue weighted by Gasteiger charge is -2.09. The number of hydrogen-bond donors (Lipinski definition) is 2. The van der Waals surface area contributed by atoms with Gasteiger partial charge in [0.1, 0.15) is 5.75 Å². The molecule has 4 aromatic rings. The van der Waals surface area contributed by atoms with Gasteiger partial charge in [-0.25, -0.2) is 9.97 Å². The van der Waals surface area contributed by atoms with Crippen molar-refractivity contribution in [2.75, 3.05) is 0 Å². The molecule has 0 amide bonds. The Labute approximate surface area is 136 Å². The second-order valence-corrected chi connectivity index (χ2v) is 5.84. The minimum Gasteiger partial charge on any atom is -0.507 e. The molecule has 7 heteroatoms. The van der Waals surface area contributed by atoms with Crippen molar-refractivity contribution < 1.29 is 5.11 Å². The first kappa shape index (κ1) is 14.4. The number of benzene rings is 1. The van der Waals surface area contributed by atoms with Crippen molar-refractivity contribution in [3.05, 3.63) is 46.1 Å². The van der Waals surface area contributed by atoms with Crippen LogP contribution in [0.2, 0.25) is 0 Å². The number of rotatable bonds is 1. The SMILES string of the molecule is Cc1c(O)c(-c2nc(C)c3c(=O)[nH]ccc3n2)cc2cn(C)nc12. The number of pyridine rings is 1. The zero-order chi connectivity index (χ0) is 17.0. The van der Waals surface area contributed by atoms with Gasteiger partial charge in [-0.05, 0) is 26.0 Å². The van der Waals surface area contributed by atoms with Gasteiger partial charge in [0, 0.05) is 30.4 Å². The van der Waals surface area contributed by atoms with Crippen LogP contribution in [0.25, 0.3) is 33.2 Å². The number of aryl methyl sites for hydroxylation is 3. The van der Waals surface area contributed by atoms with E-state index in [-0.39, 0.29) is 11.3 Å². The van der Waals surface area contributed by atoms with Gasteiger partial charge in [0.2, 0.25) is 0 Å². The van der Waals surface area contributed by atoms with Crippen molar-refractivity contribution in [2.24, 2.45) is 7.05 Å². The number of nitrogens with one attached hydrogen (secondary N) is 1. The quantitative estimate of drug-likeness (QED) is 0.560. The van der Waals surface area contributed by atoms with Gasteiger partial charge in [-0.15, -0.1) is 0 Å². The Morgan fingerprint density at radius 2 is 2.04 bits per heavy atom. The van der Waals surface area contributed by atoms with Crippen LogP contribution in [0.5, 0.6) is 5.75 Å². The number of phenolic OH excluding ortho intramolecular Hbond substituents is 1. The fourth-order valence-electron chi connectivity index (χ4n) is 3.00. The summed E-state index contributed by atoms with van der Waals surface area (Å²) >= 11 is 0. The molecule has 120 valence electrons. The van der Waals surface area contributed by atoms with Crippen molar-refractivity contribution >= 4 is 21.8 Å². The summed E-state index contributed by atoms with van der Waals surface area (Å²) in [5, 5.41) is 16.3. The van der Waals surface area contributed by atoms with Gasteiger partial charge in [-0.2, -0.15) is 5.10 Å². The molecule has 0 aliphatic heterocycles. The molecule has 0 saturated carbocycles. The standard InChI is InChI=1S/C17H15N5O2/c1-8-14-10(7-22(3)21-14)6-11(15(8)23)16-19-9(2)13-12(20-16)4-5-18-17(13)24/h4-7,23H,1-3H3,(H,18,24). The molecule has 1 aromatic carbocycles. The highest BCUT2D eigenvalue weighted by atomic mass is 16.3. The maximum Gasteiger partial charge on any atom is 0.259 e. The number of nitrogens with zero attached hydrogens (tertiary/aromatic N) is 4. The van der Waals surface area contributed by atoms with E-state index in [9.17, 15) is 9.90 Å². The molecule has 0 saturated heterocycles. The Bertz CT molecular complexity index is 1170. The Morgan fingerprint density at radius 3 is 2.83 bits per heavy atom. The van der Waals surface area contributed by atoms with Crippen molar-refractivity contribution in [3.63, 3.8) is 0 Å². The fourth-order valence-corrected chi connectivity index (χ4v) is 3.00. The number of phenols is 1. The first-order valence-electron chi connectivity index (χ1n) is 7.48. The fraction of sp³-hybridized carbons (Fsp3) is 0.176. The predicted molar refractivity (Wildman–Crippen MR) is 91.0 cm³/mol. The Balaban J connectivity index is 2.06.